The van der Waals surface area contributed by atoms with Gasteiger partial charge in [-0.2, -0.15) is 0 Å². The maximum atomic E-state index is 12.3. The van der Waals surface area contributed by atoms with Crippen molar-refractivity contribution < 1.29 is 14.2 Å². The number of fused-ring (bicyclic) bond motifs is 1. The van der Waals surface area contributed by atoms with Crippen molar-refractivity contribution in [2.75, 3.05) is 21.3 Å². The molecule has 0 bridgehead atoms. The van der Waals surface area contributed by atoms with Crippen LogP contribution in [0.1, 0.15) is 0 Å². The smallest absolute Gasteiger partial charge is 0.331 e. The van der Waals surface area contributed by atoms with Gasteiger partial charge in [0.15, 0.2) is 11.5 Å². The van der Waals surface area contributed by atoms with E-state index in [4.69, 9.17) is 25.8 Å². The number of pyridine rings is 1. The van der Waals surface area contributed by atoms with Crippen molar-refractivity contribution in [1.82, 2.24) is 14.5 Å². The molecule has 0 atom stereocenters. The van der Waals surface area contributed by atoms with E-state index in [-0.39, 0.29) is 10.8 Å². The molecule has 0 amide bonds. The van der Waals surface area contributed by atoms with E-state index in [9.17, 15) is 4.79 Å². The highest BCUT2D eigenvalue weighted by Gasteiger charge is 2.17. The zero-order chi connectivity index (χ0) is 16.6. The number of hydrogen-bond acceptors (Lipinski definition) is 5. The summed E-state index contributed by atoms with van der Waals surface area (Å²) in [6.45, 7) is 0. The van der Waals surface area contributed by atoms with Crippen LogP contribution in [0.4, 0.5) is 0 Å². The predicted molar refractivity (Wildman–Crippen MR) is 86.4 cm³/mol. The third-order valence-corrected chi connectivity index (χ3v) is 3.65. The molecule has 0 saturated carbocycles. The SMILES string of the molecule is COc1cc(-n2c(=O)[nH]c3cnc(Cl)cc32)cc(OC)c1OC. The van der Waals surface area contributed by atoms with Gasteiger partial charge < -0.3 is 19.2 Å². The minimum atomic E-state index is -0.321. The van der Waals surface area contributed by atoms with E-state index in [0.29, 0.717) is 34.0 Å². The average Bonchev–Trinajstić information content (AvgIpc) is 2.88. The van der Waals surface area contributed by atoms with Crippen molar-refractivity contribution in [2.24, 2.45) is 0 Å². The Morgan fingerprint density at radius 1 is 1.09 bits per heavy atom. The summed E-state index contributed by atoms with van der Waals surface area (Å²) in [6.07, 6.45) is 1.51. The van der Waals surface area contributed by atoms with Crippen LogP contribution in [-0.4, -0.2) is 35.9 Å². The van der Waals surface area contributed by atoms with Gasteiger partial charge in [0.25, 0.3) is 0 Å². The molecule has 120 valence electrons. The molecule has 0 unspecified atom stereocenters. The lowest BCUT2D eigenvalue weighted by Crippen LogP contribution is -2.15. The minimum Gasteiger partial charge on any atom is -0.493 e. The summed E-state index contributed by atoms with van der Waals surface area (Å²) < 4.78 is 17.4. The molecule has 1 aromatic carbocycles. The number of H-pyrrole nitrogens is 1. The van der Waals surface area contributed by atoms with Crippen molar-refractivity contribution in [3.8, 4) is 22.9 Å². The average molecular weight is 336 g/mol. The summed E-state index contributed by atoms with van der Waals surface area (Å²) in [5, 5.41) is 0.290. The number of imidazole rings is 1. The van der Waals surface area contributed by atoms with E-state index < -0.39 is 0 Å². The number of halogens is 1. The first-order valence-corrected chi connectivity index (χ1v) is 7.03. The Kier molecular flexibility index (Phi) is 3.87. The highest BCUT2D eigenvalue weighted by Crippen LogP contribution is 2.39. The monoisotopic (exact) mass is 335 g/mol. The van der Waals surface area contributed by atoms with Crippen molar-refractivity contribution in [3.63, 3.8) is 0 Å². The lowest BCUT2D eigenvalue weighted by atomic mass is 10.2. The third kappa shape index (κ3) is 2.49. The van der Waals surface area contributed by atoms with Crippen molar-refractivity contribution in [3.05, 3.63) is 40.0 Å². The molecule has 7 nitrogen and oxygen atoms in total. The Morgan fingerprint density at radius 3 is 2.30 bits per heavy atom. The zero-order valence-corrected chi connectivity index (χ0v) is 13.5. The standard InChI is InChI=1S/C15H14ClN3O4/c1-21-11-4-8(5-12(22-2)14(11)23-3)19-10-6-13(16)17-7-9(10)18-15(19)20/h4-7H,1-3H3,(H,18,20). The second kappa shape index (κ2) is 5.85. The van der Waals surface area contributed by atoms with Gasteiger partial charge >= 0.3 is 5.69 Å². The van der Waals surface area contributed by atoms with E-state index in [1.54, 1.807) is 18.2 Å². The van der Waals surface area contributed by atoms with Gasteiger partial charge in [0.1, 0.15) is 5.15 Å². The Balaban J connectivity index is 2.33. The van der Waals surface area contributed by atoms with Crippen LogP contribution < -0.4 is 19.9 Å². The van der Waals surface area contributed by atoms with Gasteiger partial charge in [0.2, 0.25) is 5.75 Å². The van der Waals surface area contributed by atoms with Crippen LogP contribution in [0.2, 0.25) is 5.15 Å². The maximum Gasteiger partial charge on any atom is 0.331 e. The largest absolute Gasteiger partial charge is 0.493 e. The number of nitrogens with zero attached hydrogens (tertiary/aromatic N) is 2. The molecule has 0 radical (unpaired) electrons. The molecule has 0 spiro atoms. The van der Waals surface area contributed by atoms with Crippen LogP contribution in [-0.2, 0) is 0 Å². The number of methoxy groups -OCH3 is 3. The summed E-state index contributed by atoms with van der Waals surface area (Å²) >= 11 is 5.94. The minimum absolute atomic E-state index is 0.290. The lowest BCUT2D eigenvalue weighted by molar-refractivity contribution is 0.324. The molecule has 0 saturated heterocycles. The summed E-state index contributed by atoms with van der Waals surface area (Å²) in [5.74, 6) is 1.35. The Labute approximate surface area is 136 Å². The van der Waals surface area contributed by atoms with Crippen LogP contribution in [0.15, 0.2) is 29.2 Å². The topological polar surface area (TPSA) is 78.4 Å². The van der Waals surface area contributed by atoms with Gasteiger partial charge in [0.05, 0.1) is 44.2 Å². The van der Waals surface area contributed by atoms with Gasteiger partial charge in [-0.3, -0.25) is 4.57 Å². The second-order valence-corrected chi connectivity index (χ2v) is 5.06. The normalized spacial score (nSPS) is 10.8. The number of aromatic amines is 1. The molecule has 2 heterocycles. The molecule has 8 heteroatoms. The molecule has 3 aromatic rings. The highest BCUT2D eigenvalue weighted by molar-refractivity contribution is 6.29. The molecule has 0 fully saturated rings. The molecule has 0 aliphatic heterocycles. The highest BCUT2D eigenvalue weighted by atomic mass is 35.5. The number of aromatic nitrogens is 3. The second-order valence-electron chi connectivity index (χ2n) is 4.67. The van der Waals surface area contributed by atoms with Gasteiger partial charge in [-0.15, -0.1) is 0 Å². The molecule has 2 aromatic heterocycles. The van der Waals surface area contributed by atoms with Crippen molar-refractivity contribution in [2.45, 2.75) is 0 Å². The van der Waals surface area contributed by atoms with E-state index in [1.165, 1.54) is 32.1 Å². The van der Waals surface area contributed by atoms with E-state index in [2.05, 4.69) is 9.97 Å². The molecular weight excluding hydrogens is 322 g/mol. The first-order chi connectivity index (χ1) is 11.1. The summed E-state index contributed by atoms with van der Waals surface area (Å²) in [7, 11) is 4.54. The van der Waals surface area contributed by atoms with Gasteiger partial charge in [-0.1, -0.05) is 11.6 Å². The number of rotatable bonds is 4. The molecule has 23 heavy (non-hydrogen) atoms. The van der Waals surface area contributed by atoms with Crippen LogP contribution >= 0.6 is 11.6 Å². The zero-order valence-electron chi connectivity index (χ0n) is 12.7. The Hall–Kier alpha value is -2.67. The van der Waals surface area contributed by atoms with Gasteiger partial charge in [-0.25, -0.2) is 9.78 Å². The third-order valence-electron chi connectivity index (χ3n) is 3.44. The number of hydrogen-bond donors (Lipinski definition) is 1. The van der Waals surface area contributed by atoms with E-state index in [1.807, 2.05) is 0 Å². The summed E-state index contributed by atoms with van der Waals surface area (Å²) in [5.41, 5.74) is 1.41. The number of ether oxygens (including phenoxy) is 3. The number of benzene rings is 1. The molecule has 1 N–H and O–H groups in total. The summed E-state index contributed by atoms with van der Waals surface area (Å²) in [4.78, 5) is 19.0. The first-order valence-electron chi connectivity index (χ1n) is 6.65. The lowest BCUT2D eigenvalue weighted by Gasteiger charge is -2.14. The quantitative estimate of drug-likeness (QED) is 0.741. The number of nitrogens with one attached hydrogen (secondary N) is 1. The molecule has 0 aliphatic rings. The fourth-order valence-electron chi connectivity index (χ4n) is 2.43. The van der Waals surface area contributed by atoms with E-state index >= 15 is 0 Å². The van der Waals surface area contributed by atoms with Gasteiger partial charge in [0, 0.05) is 18.2 Å². The first kappa shape index (κ1) is 15.2. The van der Waals surface area contributed by atoms with Crippen LogP contribution in [0, 0.1) is 0 Å². The maximum absolute atomic E-state index is 12.3. The van der Waals surface area contributed by atoms with Crippen LogP contribution in [0.3, 0.4) is 0 Å². The molecule has 3 rings (SSSR count). The van der Waals surface area contributed by atoms with Crippen molar-refractivity contribution in [1.29, 1.82) is 0 Å². The van der Waals surface area contributed by atoms with Crippen molar-refractivity contribution >= 4 is 22.6 Å². The molecular formula is C15H14ClN3O4. The van der Waals surface area contributed by atoms with E-state index in [0.717, 1.165) is 0 Å². The summed E-state index contributed by atoms with van der Waals surface area (Å²) in [6, 6.07) is 4.98. The molecule has 0 aliphatic carbocycles. The van der Waals surface area contributed by atoms with Crippen LogP contribution in [0.25, 0.3) is 16.7 Å². The van der Waals surface area contributed by atoms with Crippen LogP contribution in [0.5, 0.6) is 17.2 Å². The fourth-order valence-corrected chi connectivity index (χ4v) is 2.59. The Bertz CT molecular complexity index is 907. The predicted octanol–water partition coefficient (Wildman–Crippen LogP) is 2.39. The fraction of sp³-hybridized carbons (Fsp3) is 0.200. The van der Waals surface area contributed by atoms with Gasteiger partial charge in [-0.05, 0) is 0 Å². The Morgan fingerprint density at radius 2 is 1.74 bits per heavy atom.